The van der Waals surface area contributed by atoms with Gasteiger partial charge in [0.05, 0.1) is 11.6 Å². The summed E-state index contributed by atoms with van der Waals surface area (Å²) in [6.45, 7) is 4.79. The normalized spacial score (nSPS) is 15.1. The van der Waals surface area contributed by atoms with Gasteiger partial charge in [-0.15, -0.1) is 0 Å². The predicted octanol–water partition coefficient (Wildman–Crippen LogP) is 3.58. The van der Waals surface area contributed by atoms with Gasteiger partial charge in [0.25, 0.3) is 0 Å². The molecular weight excluding hydrogens is 320 g/mol. The summed E-state index contributed by atoms with van der Waals surface area (Å²) in [7, 11) is 2.15. The van der Waals surface area contributed by atoms with E-state index >= 15 is 0 Å². The van der Waals surface area contributed by atoms with Crippen molar-refractivity contribution < 1.29 is 0 Å². The van der Waals surface area contributed by atoms with Crippen molar-refractivity contribution in [2.24, 2.45) is 0 Å². The van der Waals surface area contributed by atoms with Gasteiger partial charge in [0.1, 0.15) is 0 Å². The molecule has 2 aromatic carbocycles. The third-order valence-corrected chi connectivity index (χ3v) is 4.66. The van der Waals surface area contributed by atoms with Crippen molar-refractivity contribution in [3.05, 3.63) is 58.6 Å². The number of nitriles is 1. The molecule has 0 amide bonds. The number of likely N-dealkylation sites (N-methyl/N-ethyl adjacent to an activating group) is 1. The summed E-state index contributed by atoms with van der Waals surface area (Å²) >= 11 is 5.91. The van der Waals surface area contributed by atoms with Gasteiger partial charge in [-0.05, 0) is 55.1 Å². The van der Waals surface area contributed by atoms with E-state index in [9.17, 15) is 5.26 Å². The smallest absolute Gasteiger partial charge is 0.0995 e. The molecule has 4 nitrogen and oxygen atoms in total. The van der Waals surface area contributed by atoms with Crippen LogP contribution in [0.15, 0.2) is 42.5 Å². The molecule has 1 fully saturated rings. The number of rotatable bonds is 4. The number of hydrogen-bond donors (Lipinski definition) is 1. The molecule has 0 spiro atoms. The fourth-order valence-electron chi connectivity index (χ4n) is 2.86. The number of benzene rings is 2. The van der Waals surface area contributed by atoms with E-state index in [0.29, 0.717) is 12.1 Å². The molecule has 1 heterocycles. The van der Waals surface area contributed by atoms with Gasteiger partial charge in [-0.25, -0.2) is 0 Å². The monoisotopic (exact) mass is 340 g/mol. The van der Waals surface area contributed by atoms with Gasteiger partial charge >= 0.3 is 0 Å². The predicted molar refractivity (Wildman–Crippen MR) is 99.6 cm³/mol. The topological polar surface area (TPSA) is 42.3 Å². The fraction of sp³-hybridized carbons (Fsp3) is 0.316. The molecule has 1 saturated heterocycles. The number of hydrogen-bond acceptors (Lipinski definition) is 4. The first kappa shape index (κ1) is 16.6. The van der Waals surface area contributed by atoms with Crippen molar-refractivity contribution in [1.29, 1.82) is 5.26 Å². The number of nitrogens with one attached hydrogen (secondary N) is 1. The quantitative estimate of drug-likeness (QED) is 0.923. The zero-order chi connectivity index (χ0) is 16.9. The van der Waals surface area contributed by atoms with E-state index in [1.165, 1.54) is 5.69 Å². The highest BCUT2D eigenvalue weighted by molar-refractivity contribution is 6.30. The van der Waals surface area contributed by atoms with Crippen molar-refractivity contribution in [3.8, 4) is 6.07 Å². The largest absolute Gasteiger partial charge is 0.381 e. The Morgan fingerprint density at radius 2 is 1.79 bits per heavy atom. The van der Waals surface area contributed by atoms with E-state index in [4.69, 9.17) is 11.6 Å². The van der Waals surface area contributed by atoms with Gasteiger partial charge in [0, 0.05) is 49.1 Å². The Kier molecular flexibility index (Phi) is 5.24. The van der Waals surface area contributed by atoms with E-state index in [1.54, 1.807) is 0 Å². The molecule has 1 aliphatic rings. The second-order valence-electron chi connectivity index (χ2n) is 6.10. The summed E-state index contributed by atoms with van der Waals surface area (Å²) in [4.78, 5) is 4.72. The molecule has 3 rings (SSSR count). The van der Waals surface area contributed by atoms with Gasteiger partial charge in [-0.3, -0.25) is 0 Å². The number of halogens is 1. The maximum absolute atomic E-state index is 9.37. The number of nitrogens with zero attached hydrogens (tertiary/aromatic N) is 3. The lowest BCUT2D eigenvalue weighted by Crippen LogP contribution is -2.44. The minimum Gasteiger partial charge on any atom is -0.381 e. The highest BCUT2D eigenvalue weighted by Gasteiger charge is 2.15. The van der Waals surface area contributed by atoms with Crippen LogP contribution in [-0.2, 0) is 6.54 Å². The Morgan fingerprint density at radius 3 is 2.46 bits per heavy atom. The van der Waals surface area contributed by atoms with Crippen molar-refractivity contribution in [1.82, 2.24) is 4.90 Å². The summed E-state index contributed by atoms with van der Waals surface area (Å²) < 4.78 is 0. The lowest BCUT2D eigenvalue weighted by Gasteiger charge is -2.34. The Balaban J connectivity index is 1.74. The van der Waals surface area contributed by atoms with Crippen LogP contribution < -0.4 is 10.2 Å². The van der Waals surface area contributed by atoms with E-state index in [-0.39, 0.29) is 0 Å². The molecule has 0 saturated carbocycles. The molecule has 0 radical (unpaired) electrons. The maximum atomic E-state index is 9.37. The second kappa shape index (κ2) is 7.57. The Labute approximate surface area is 148 Å². The van der Waals surface area contributed by atoms with Crippen LogP contribution in [-0.4, -0.2) is 38.1 Å². The van der Waals surface area contributed by atoms with Crippen LogP contribution in [0.2, 0.25) is 5.02 Å². The number of piperazine rings is 1. The molecular formula is C19H21ClN4. The van der Waals surface area contributed by atoms with Crippen molar-refractivity contribution >= 4 is 23.0 Å². The molecule has 24 heavy (non-hydrogen) atoms. The molecule has 5 heteroatoms. The van der Waals surface area contributed by atoms with E-state index in [0.717, 1.165) is 42.5 Å². The molecule has 0 atom stereocenters. The Bertz CT molecular complexity index is 728. The molecule has 0 bridgehead atoms. The van der Waals surface area contributed by atoms with Crippen LogP contribution in [0.1, 0.15) is 11.1 Å². The lowest BCUT2D eigenvalue weighted by atomic mass is 10.1. The summed E-state index contributed by atoms with van der Waals surface area (Å²) in [5, 5.41) is 13.5. The average molecular weight is 341 g/mol. The Hall–Kier alpha value is -2.22. The van der Waals surface area contributed by atoms with Gasteiger partial charge in [-0.2, -0.15) is 5.26 Å². The van der Waals surface area contributed by atoms with Crippen LogP contribution in [0.5, 0.6) is 0 Å². The first-order valence-corrected chi connectivity index (χ1v) is 8.49. The van der Waals surface area contributed by atoms with Gasteiger partial charge in [0.2, 0.25) is 0 Å². The molecule has 0 unspecified atom stereocenters. The van der Waals surface area contributed by atoms with Crippen molar-refractivity contribution in [2.75, 3.05) is 43.4 Å². The molecule has 0 aromatic heterocycles. The van der Waals surface area contributed by atoms with Gasteiger partial charge in [-0.1, -0.05) is 11.6 Å². The SMILES string of the molecule is CN1CCN(c2ccc(C#N)c(CNc3ccc(Cl)cc3)c2)CC1. The Morgan fingerprint density at radius 1 is 1.08 bits per heavy atom. The summed E-state index contributed by atoms with van der Waals surface area (Å²) in [6.07, 6.45) is 0. The molecule has 124 valence electrons. The lowest BCUT2D eigenvalue weighted by molar-refractivity contribution is 0.313. The summed E-state index contributed by atoms with van der Waals surface area (Å²) in [6, 6.07) is 16.0. The summed E-state index contributed by atoms with van der Waals surface area (Å²) in [5.41, 5.74) is 3.92. The molecule has 2 aromatic rings. The third-order valence-electron chi connectivity index (χ3n) is 4.40. The summed E-state index contributed by atoms with van der Waals surface area (Å²) in [5.74, 6) is 0. The van der Waals surface area contributed by atoms with Gasteiger partial charge < -0.3 is 15.1 Å². The van der Waals surface area contributed by atoms with Crippen LogP contribution in [0, 0.1) is 11.3 Å². The van der Waals surface area contributed by atoms with Crippen LogP contribution in [0.25, 0.3) is 0 Å². The average Bonchev–Trinajstić information content (AvgIpc) is 2.61. The molecule has 1 aliphatic heterocycles. The van der Waals surface area contributed by atoms with Crippen LogP contribution >= 0.6 is 11.6 Å². The van der Waals surface area contributed by atoms with Crippen molar-refractivity contribution in [3.63, 3.8) is 0 Å². The maximum Gasteiger partial charge on any atom is 0.0995 e. The zero-order valence-electron chi connectivity index (χ0n) is 13.8. The second-order valence-corrected chi connectivity index (χ2v) is 6.54. The highest BCUT2D eigenvalue weighted by atomic mass is 35.5. The van der Waals surface area contributed by atoms with E-state index in [1.807, 2.05) is 30.3 Å². The minimum absolute atomic E-state index is 0.617. The fourth-order valence-corrected chi connectivity index (χ4v) is 2.99. The van der Waals surface area contributed by atoms with E-state index in [2.05, 4.69) is 40.4 Å². The van der Waals surface area contributed by atoms with E-state index < -0.39 is 0 Å². The van der Waals surface area contributed by atoms with Gasteiger partial charge in [0.15, 0.2) is 0 Å². The first-order chi connectivity index (χ1) is 11.7. The third kappa shape index (κ3) is 4.00. The highest BCUT2D eigenvalue weighted by Crippen LogP contribution is 2.22. The van der Waals surface area contributed by atoms with Crippen LogP contribution in [0.4, 0.5) is 11.4 Å². The van der Waals surface area contributed by atoms with Crippen molar-refractivity contribution in [2.45, 2.75) is 6.54 Å². The standard InChI is InChI=1S/C19H21ClN4/c1-23-8-10-24(11-9-23)19-7-2-15(13-21)16(12-19)14-22-18-5-3-17(20)4-6-18/h2-7,12,22H,8-11,14H2,1H3. The zero-order valence-corrected chi connectivity index (χ0v) is 14.6. The molecule has 1 N–H and O–H groups in total. The number of anilines is 2. The van der Waals surface area contributed by atoms with Crippen LogP contribution in [0.3, 0.4) is 0 Å². The minimum atomic E-state index is 0.617. The first-order valence-electron chi connectivity index (χ1n) is 8.11. The molecule has 0 aliphatic carbocycles.